The van der Waals surface area contributed by atoms with Crippen molar-refractivity contribution in [2.24, 2.45) is 0 Å². The molecule has 0 fully saturated rings. The fourth-order valence-corrected chi connectivity index (χ4v) is 8.77. The molecular formula is C53H38N4. The second-order valence-corrected chi connectivity index (χ2v) is 14.8. The summed E-state index contributed by atoms with van der Waals surface area (Å²) < 4.78 is 4.83. The van der Waals surface area contributed by atoms with Gasteiger partial charge in [-0.1, -0.05) is 115 Å². The normalized spacial score (nSPS) is 12.8. The van der Waals surface area contributed by atoms with Crippen molar-refractivity contribution < 1.29 is 0 Å². The second kappa shape index (κ2) is 13.7. The Morgan fingerprint density at radius 2 is 0.877 bits per heavy atom. The second-order valence-electron chi connectivity index (χ2n) is 14.8. The molecule has 3 aromatic heterocycles. The molecule has 1 aliphatic rings. The van der Waals surface area contributed by atoms with E-state index >= 15 is 0 Å². The first kappa shape index (κ1) is 33.0. The third kappa shape index (κ3) is 5.65. The van der Waals surface area contributed by atoms with E-state index in [-0.39, 0.29) is 0 Å². The van der Waals surface area contributed by atoms with Crippen molar-refractivity contribution in [3.63, 3.8) is 0 Å². The molecule has 10 aromatic rings. The number of allylic oxidation sites excluding steroid dienone is 3. The molecule has 0 spiro atoms. The molecule has 1 aliphatic carbocycles. The van der Waals surface area contributed by atoms with Gasteiger partial charge < -0.3 is 14.0 Å². The van der Waals surface area contributed by atoms with Crippen LogP contribution in [0.5, 0.6) is 0 Å². The summed E-state index contributed by atoms with van der Waals surface area (Å²) >= 11 is 0. The summed E-state index contributed by atoms with van der Waals surface area (Å²) in [4.78, 5) is 7.20. The number of nitrogens with zero attached hydrogens (tertiary/aromatic N) is 4. The highest BCUT2D eigenvalue weighted by Gasteiger charge is 2.18. The molecule has 0 saturated heterocycles. The number of hydrogen-bond acceptors (Lipinski definition) is 2. The molecule has 57 heavy (non-hydrogen) atoms. The molecule has 7 aromatic carbocycles. The lowest BCUT2D eigenvalue weighted by Gasteiger charge is -2.27. The van der Waals surface area contributed by atoms with Crippen LogP contribution in [0.2, 0.25) is 0 Å². The number of aromatic nitrogens is 3. The van der Waals surface area contributed by atoms with Crippen molar-refractivity contribution in [1.29, 1.82) is 0 Å². The Kier molecular flexibility index (Phi) is 7.92. The molecule has 0 aliphatic heterocycles. The quantitative estimate of drug-likeness (QED) is 0.163. The van der Waals surface area contributed by atoms with Gasteiger partial charge in [-0.15, -0.1) is 0 Å². The molecular weight excluding hydrogens is 693 g/mol. The van der Waals surface area contributed by atoms with Crippen molar-refractivity contribution in [1.82, 2.24) is 14.1 Å². The molecule has 4 nitrogen and oxygen atoms in total. The van der Waals surface area contributed by atoms with Crippen LogP contribution in [0.4, 0.5) is 11.4 Å². The topological polar surface area (TPSA) is 26.0 Å². The van der Waals surface area contributed by atoms with E-state index in [1.807, 2.05) is 12.4 Å². The average Bonchev–Trinajstić information content (AvgIpc) is 3.81. The first-order chi connectivity index (χ1) is 28.3. The lowest BCUT2D eigenvalue weighted by molar-refractivity contribution is 0.997. The Morgan fingerprint density at radius 1 is 0.404 bits per heavy atom. The van der Waals surface area contributed by atoms with Crippen molar-refractivity contribution in [2.75, 3.05) is 4.90 Å². The summed E-state index contributed by atoms with van der Waals surface area (Å²) in [7, 11) is 0. The van der Waals surface area contributed by atoms with Crippen LogP contribution in [-0.4, -0.2) is 14.1 Å². The van der Waals surface area contributed by atoms with Crippen LogP contribution in [0, 0.1) is 0 Å². The monoisotopic (exact) mass is 730 g/mol. The predicted octanol–water partition coefficient (Wildman–Crippen LogP) is 14.0. The van der Waals surface area contributed by atoms with E-state index in [1.165, 1.54) is 49.3 Å². The van der Waals surface area contributed by atoms with E-state index in [4.69, 9.17) is 4.98 Å². The maximum Gasteiger partial charge on any atom is 0.0541 e. The van der Waals surface area contributed by atoms with Gasteiger partial charge >= 0.3 is 0 Å². The van der Waals surface area contributed by atoms with Gasteiger partial charge in [0.25, 0.3) is 0 Å². The highest BCUT2D eigenvalue weighted by molar-refractivity contribution is 6.10. The Balaban J connectivity index is 1.08. The molecule has 0 radical (unpaired) electrons. The number of para-hydroxylation sites is 5. The summed E-state index contributed by atoms with van der Waals surface area (Å²) in [5.74, 6) is 0. The van der Waals surface area contributed by atoms with E-state index in [2.05, 4.69) is 208 Å². The van der Waals surface area contributed by atoms with Crippen molar-refractivity contribution in [3.05, 3.63) is 212 Å². The van der Waals surface area contributed by atoms with E-state index in [0.717, 1.165) is 57.8 Å². The first-order valence-corrected chi connectivity index (χ1v) is 19.7. The molecule has 0 atom stereocenters. The van der Waals surface area contributed by atoms with Crippen LogP contribution in [0.25, 0.3) is 77.2 Å². The fourth-order valence-electron chi connectivity index (χ4n) is 8.77. The van der Waals surface area contributed by atoms with Gasteiger partial charge in [0, 0.05) is 73.5 Å². The van der Waals surface area contributed by atoms with E-state index in [9.17, 15) is 0 Å². The molecule has 0 bridgehead atoms. The number of hydrogen-bond donors (Lipinski definition) is 0. The van der Waals surface area contributed by atoms with Crippen LogP contribution < -0.4 is 4.90 Å². The number of anilines is 2. The Hall–Kier alpha value is -7.43. The largest absolute Gasteiger partial charge is 0.311 e. The van der Waals surface area contributed by atoms with Crippen LogP contribution in [0.3, 0.4) is 0 Å². The van der Waals surface area contributed by atoms with Crippen LogP contribution in [-0.2, 0) is 0 Å². The highest BCUT2D eigenvalue weighted by atomic mass is 15.1. The zero-order chi connectivity index (χ0) is 37.7. The molecule has 0 N–H and O–H groups in total. The zero-order valence-electron chi connectivity index (χ0n) is 31.3. The minimum atomic E-state index is 1.04. The summed E-state index contributed by atoms with van der Waals surface area (Å²) in [6, 6.07) is 63.7. The van der Waals surface area contributed by atoms with Gasteiger partial charge in [0.05, 0.1) is 22.1 Å². The molecule has 0 unspecified atom stereocenters. The number of rotatable bonds is 7. The first-order valence-electron chi connectivity index (χ1n) is 19.7. The van der Waals surface area contributed by atoms with Gasteiger partial charge in [0.1, 0.15) is 0 Å². The zero-order valence-corrected chi connectivity index (χ0v) is 31.3. The molecule has 4 heteroatoms. The fraction of sp³-hybridized carbons (Fsp3) is 0.0377. The molecule has 270 valence electrons. The van der Waals surface area contributed by atoms with Gasteiger partial charge in [-0.2, -0.15) is 0 Å². The lowest BCUT2D eigenvalue weighted by atomic mass is 10.0. The molecule has 0 amide bonds. The summed E-state index contributed by atoms with van der Waals surface area (Å²) in [5, 5.41) is 4.97. The van der Waals surface area contributed by atoms with E-state index in [0.29, 0.717) is 0 Å². The van der Waals surface area contributed by atoms with Crippen LogP contribution in [0.1, 0.15) is 12.8 Å². The maximum absolute atomic E-state index is 4.86. The van der Waals surface area contributed by atoms with Gasteiger partial charge in [0.2, 0.25) is 0 Å². The third-order valence-corrected chi connectivity index (χ3v) is 11.4. The standard InChI is InChI=1S/C53H38N4/c1-3-15-41(16-4-1)55(42-17-5-2-6-18-42)43-29-27-37(28-30-43)39-31-40(36-54-35-39)38-32-44(56-50-23-11-7-19-46(50)47-20-8-12-24-51(47)56)34-45(33-38)57-52-25-13-9-21-48(52)49-22-10-14-26-53(49)57/h1,3-5,7-36H,2,6H2. The molecule has 0 saturated carbocycles. The predicted molar refractivity (Wildman–Crippen MR) is 239 cm³/mol. The Bertz CT molecular complexity index is 2940. The van der Waals surface area contributed by atoms with Gasteiger partial charge in [-0.25, -0.2) is 0 Å². The number of benzene rings is 7. The van der Waals surface area contributed by atoms with Crippen LogP contribution >= 0.6 is 0 Å². The van der Waals surface area contributed by atoms with Crippen molar-refractivity contribution in [3.8, 4) is 33.6 Å². The molecule has 3 heterocycles. The van der Waals surface area contributed by atoms with E-state index < -0.39 is 0 Å². The summed E-state index contributed by atoms with van der Waals surface area (Å²) in [6.45, 7) is 0. The lowest BCUT2D eigenvalue weighted by Crippen LogP contribution is -2.16. The smallest absolute Gasteiger partial charge is 0.0541 e. The van der Waals surface area contributed by atoms with Crippen molar-refractivity contribution >= 4 is 55.0 Å². The number of pyridine rings is 1. The Labute approximate surface area is 331 Å². The van der Waals surface area contributed by atoms with Gasteiger partial charge in [0.15, 0.2) is 0 Å². The Morgan fingerprint density at radius 3 is 1.39 bits per heavy atom. The van der Waals surface area contributed by atoms with Crippen molar-refractivity contribution in [2.45, 2.75) is 12.8 Å². The number of fused-ring (bicyclic) bond motifs is 6. The summed E-state index contributed by atoms with van der Waals surface area (Å²) in [6.07, 6.45) is 12.9. The van der Waals surface area contributed by atoms with Gasteiger partial charge in [-0.3, -0.25) is 4.98 Å². The molecule has 11 rings (SSSR count). The van der Waals surface area contributed by atoms with Crippen LogP contribution in [0.15, 0.2) is 212 Å². The van der Waals surface area contributed by atoms with E-state index in [1.54, 1.807) is 0 Å². The highest BCUT2D eigenvalue weighted by Crippen LogP contribution is 2.39. The minimum Gasteiger partial charge on any atom is -0.311 e. The maximum atomic E-state index is 4.86. The third-order valence-electron chi connectivity index (χ3n) is 11.4. The minimum absolute atomic E-state index is 1.04. The summed E-state index contributed by atoms with van der Waals surface area (Å²) in [5.41, 5.74) is 14.8. The average molecular weight is 731 g/mol. The SMILES string of the molecule is C1=CC(N(c2ccccc2)c2ccc(-c3cncc(-c4cc(-n5c6ccccc6c6ccccc65)cc(-n5c6ccccc6c6ccccc65)c4)c3)cc2)=CCC1. The van der Waals surface area contributed by atoms with Gasteiger partial charge in [-0.05, 0) is 103 Å².